The molecule has 14 heavy (non-hydrogen) atoms. The molecule has 0 aromatic carbocycles. The summed E-state index contributed by atoms with van der Waals surface area (Å²) in [6.07, 6.45) is 6.06. The van der Waals surface area contributed by atoms with Crippen LogP contribution in [0.1, 0.15) is 5.69 Å². The first kappa shape index (κ1) is 7.67. The molecule has 4 nitrogen and oxygen atoms in total. The fourth-order valence-electron chi connectivity index (χ4n) is 1.99. The van der Waals surface area contributed by atoms with Crippen LogP contribution in [0, 0.1) is 6.92 Å². The molecule has 0 saturated heterocycles. The van der Waals surface area contributed by atoms with Crippen LogP contribution >= 0.6 is 0 Å². The van der Waals surface area contributed by atoms with Crippen molar-refractivity contribution in [3.05, 3.63) is 30.4 Å². The lowest BCUT2D eigenvalue weighted by molar-refractivity contribution is -0.793. The van der Waals surface area contributed by atoms with Gasteiger partial charge in [-0.2, -0.15) is 0 Å². The minimum Gasteiger partial charge on any atom is -0.260 e. The Morgan fingerprint density at radius 3 is 3.14 bits per heavy atom. The average Bonchev–Trinajstić information content (AvgIpc) is 2.68. The lowest BCUT2D eigenvalue weighted by Crippen LogP contribution is -2.45. The van der Waals surface area contributed by atoms with Crippen molar-refractivity contribution in [3.63, 3.8) is 0 Å². The molecule has 0 amide bonds. The molecule has 4 heteroatoms. The molecule has 0 N–H and O–H groups in total. The van der Waals surface area contributed by atoms with E-state index in [1.165, 1.54) is 11.5 Å². The molecule has 0 fully saturated rings. The first-order valence-corrected chi connectivity index (χ1v) is 4.68. The van der Waals surface area contributed by atoms with Crippen LogP contribution in [0.4, 0.5) is 0 Å². The SMILES string of the molecule is Cc1cnc2n1C[n+]1ccc[n+](C)c1-2. The van der Waals surface area contributed by atoms with Gasteiger partial charge >= 0.3 is 5.82 Å². The third-order valence-corrected chi connectivity index (χ3v) is 2.73. The van der Waals surface area contributed by atoms with Gasteiger partial charge in [0.25, 0.3) is 5.82 Å². The van der Waals surface area contributed by atoms with Crippen molar-refractivity contribution >= 4 is 0 Å². The monoisotopic (exact) mass is 188 g/mol. The standard InChI is InChI=1S/C10H12N4/c1-8-6-11-9-10-12(2)4-3-5-13(10)7-14(8)9/h3-6H,7H2,1-2H3/q+2. The summed E-state index contributed by atoms with van der Waals surface area (Å²) in [5.41, 5.74) is 1.21. The summed E-state index contributed by atoms with van der Waals surface area (Å²) in [6, 6.07) is 2.05. The van der Waals surface area contributed by atoms with E-state index >= 15 is 0 Å². The van der Waals surface area contributed by atoms with Crippen molar-refractivity contribution in [1.82, 2.24) is 9.55 Å². The van der Waals surface area contributed by atoms with Crippen LogP contribution in [0.5, 0.6) is 0 Å². The molecule has 0 atom stereocenters. The number of aryl methyl sites for hydroxylation is 2. The van der Waals surface area contributed by atoms with Gasteiger partial charge in [0.2, 0.25) is 6.67 Å². The third-order valence-electron chi connectivity index (χ3n) is 2.73. The summed E-state index contributed by atoms with van der Waals surface area (Å²) >= 11 is 0. The van der Waals surface area contributed by atoms with E-state index in [0.29, 0.717) is 0 Å². The molecule has 0 aliphatic carbocycles. The first-order chi connectivity index (χ1) is 6.77. The summed E-state index contributed by atoms with van der Waals surface area (Å²) in [5.74, 6) is 2.23. The van der Waals surface area contributed by atoms with Gasteiger partial charge in [-0.1, -0.05) is 0 Å². The fraction of sp³-hybridized carbons (Fsp3) is 0.300. The van der Waals surface area contributed by atoms with Crippen LogP contribution in [0.25, 0.3) is 11.6 Å². The van der Waals surface area contributed by atoms with E-state index < -0.39 is 0 Å². The van der Waals surface area contributed by atoms with Crippen molar-refractivity contribution in [2.24, 2.45) is 7.05 Å². The topological polar surface area (TPSA) is 25.6 Å². The molecule has 2 aromatic heterocycles. The Labute approximate surface area is 82.1 Å². The molecule has 0 saturated carbocycles. The van der Waals surface area contributed by atoms with Gasteiger partial charge < -0.3 is 0 Å². The Balaban J connectivity index is 2.35. The largest absolute Gasteiger partial charge is 0.489 e. The minimum atomic E-state index is 0.880. The van der Waals surface area contributed by atoms with Crippen LogP contribution < -0.4 is 9.13 Å². The third kappa shape index (κ3) is 0.801. The second-order valence-corrected chi connectivity index (χ2v) is 3.69. The van der Waals surface area contributed by atoms with E-state index in [0.717, 1.165) is 12.5 Å². The highest BCUT2D eigenvalue weighted by atomic mass is 15.3. The average molecular weight is 188 g/mol. The zero-order chi connectivity index (χ0) is 9.71. The van der Waals surface area contributed by atoms with Crippen molar-refractivity contribution in [1.29, 1.82) is 0 Å². The van der Waals surface area contributed by atoms with Crippen LogP contribution in [0.2, 0.25) is 0 Å². The van der Waals surface area contributed by atoms with Gasteiger partial charge in [-0.3, -0.25) is 4.57 Å². The van der Waals surface area contributed by atoms with Crippen molar-refractivity contribution in [3.8, 4) is 11.6 Å². The van der Waals surface area contributed by atoms with E-state index in [2.05, 4.69) is 31.8 Å². The van der Waals surface area contributed by atoms with Crippen LogP contribution in [-0.4, -0.2) is 9.55 Å². The molecule has 70 valence electrons. The van der Waals surface area contributed by atoms with E-state index in [-0.39, 0.29) is 0 Å². The lowest BCUT2D eigenvalue weighted by atomic mass is 10.5. The molecule has 3 rings (SSSR count). The Kier molecular flexibility index (Phi) is 1.32. The second kappa shape index (κ2) is 2.41. The predicted molar refractivity (Wildman–Crippen MR) is 49.2 cm³/mol. The zero-order valence-electron chi connectivity index (χ0n) is 8.31. The first-order valence-electron chi connectivity index (χ1n) is 4.68. The maximum absolute atomic E-state index is 4.42. The van der Waals surface area contributed by atoms with E-state index in [9.17, 15) is 0 Å². The molecule has 1 aliphatic heterocycles. The molecule has 0 radical (unpaired) electrons. The van der Waals surface area contributed by atoms with E-state index in [4.69, 9.17) is 0 Å². The molecular weight excluding hydrogens is 176 g/mol. The Morgan fingerprint density at radius 1 is 1.43 bits per heavy atom. The van der Waals surface area contributed by atoms with Crippen LogP contribution in [0.15, 0.2) is 24.7 Å². The number of fused-ring (bicyclic) bond motifs is 3. The summed E-state index contributed by atoms with van der Waals surface area (Å²) in [7, 11) is 2.05. The van der Waals surface area contributed by atoms with Crippen molar-refractivity contribution in [2.45, 2.75) is 13.6 Å². The number of aromatic nitrogens is 4. The maximum Gasteiger partial charge on any atom is 0.489 e. The minimum absolute atomic E-state index is 0.880. The summed E-state index contributed by atoms with van der Waals surface area (Å²) < 4.78 is 6.52. The van der Waals surface area contributed by atoms with Gasteiger partial charge in [0.15, 0.2) is 12.4 Å². The molecular formula is C10H12N4+2. The number of hydrogen-bond acceptors (Lipinski definition) is 1. The Bertz CT molecular complexity index is 513. The number of hydrogen-bond donors (Lipinski definition) is 0. The van der Waals surface area contributed by atoms with Gasteiger partial charge in [-0.15, -0.1) is 9.13 Å². The Morgan fingerprint density at radius 2 is 2.29 bits per heavy atom. The predicted octanol–water partition coefficient (Wildman–Crippen LogP) is -0.210. The zero-order valence-corrected chi connectivity index (χ0v) is 8.31. The highest BCUT2D eigenvalue weighted by Crippen LogP contribution is 2.16. The van der Waals surface area contributed by atoms with Gasteiger partial charge in [0, 0.05) is 11.9 Å². The van der Waals surface area contributed by atoms with Gasteiger partial charge in [0.05, 0.1) is 6.07 Å². The second-order valence-electron chi connectivity index (χ2n) is 3.69. The van der Waals surface area contributed by atoms with Crippen molar-refractivity contribution in [2.75, 3.05) is 0 Å². The number of rotatable bonds is 0. The molecule has 1 aliphatic rings. The normalized spacial score (nSPS) is 12.7. The van der Waals surface area contributed by atoms with E-state index in [1.54, 1.807) is 0 Å². The van der Waals surface area contributed by atoms with Gasteiger partial charge in [-0.05, 0) is 6.92 Å². The van der Waals surface area contributed by atoms with Crippen molar-refractivity contribution < 1.29 is 9.13 Å². The highest BCUT2D eigenvalue weighted by molar-refractivity contribution is 5.39. The summed E-state index contributed by atoms with van der Waals surface area (Å²) in [5, 5.41) is 0. The molecule has 0 spiro atoms. The fourth-order valence-corrected chi connectivity index (χ4v) is 1.99. The highest BCUT2D eigenvalue weighted by Gasteiger charge is 2.36. The molecule has 3 heterocycles. The molecule has 0 unspecified atom stereocenters. The maximum atomic E-state index is 4.42. The lowest BCUT2D eigenvalue weighted by Gasteiger charge is -1.91. The van der Waals surface area contributed by atoms with Gasteiger partial charge in [0.1, 0.15) is 7.05 Å². The quantitative estimate of drug-likeness (QED) is 0.448. The van der Waals surface area contributed by atoms with Gasteiger partial charge in [-0.25, -0.2) is 4.98 Å². The summed E-state index contributed by atoms with van der Waals surface area (Å²) in [4.78, 5) is 4.42. The molecule has 0 bridgehead atoms. The summed E-state index contributed by atoms with van der Waals surface area (Å²) in [6.45, 7) is 2.97. The Hall–Kier alpha value is -1.71. The molecule has 2 aromatic rings. The number of imidazole rings is 1. The van der Waals surface area contributed by atoms with Crippen LogP contribution in [-0.2, 0) is 13.7 Å². The number of nitrogens with zero attached hydrogens (tertiary/aromatic N) is 4. The smallest absolute Gasteiger partial charge is 0.260 e. The van der Waals surface area contributed by atoms with E-state index in [1.807, 2.05) is 25.5 Å². The van der Waals surface area contributed by atoms with Crippen LogP contribution in [0.3, 0.4) is 0 Å².